The number of nitrogens with zero attached hydrogens (tertiary/aromatic N) is 3. The Balaban J connectivity index is 2.68. The third kappa shape index (κ3) is 2.89. The van der Waals surface area contributed by atoms with Crippen LogP contribution in [0, 0.1) is 0 Å². The number of anilines is 1. The Bertz CT molecular complexity index is 327. The van der Waals surface area contributed by atoms with Crippen molar-refractivity contribution in [2.75, 3.05) is 25.6 Å². The van der Waals surface area contributed by atoms with E-state index in [-0.39, 0.29) is 5.88 Å². The molecule has 0 aliphatic carbocycles. The maximum Gasteiger partial charge on any atom is 0.341 e. The molecule has 6 heteroatoms. The van der Waals surface area contributed by atoms with Gasteiger partial charge in [0.15, 0.2) is 6.61 Å². The van der Waals surface area contributed by atoms with E-state index in [0.29, 0.717) is 5.95 Å². The molecule has 0 atom stereocenters. The topological polar surface area (TPSA) is 75.6 Å². The van der Waals surface area contributed by atoms with Crippen molar-refractivity contribution in [3.63, 3.8) is 0 Å². The second-order valence-corrected chi connectivity index (χ2v) is 2.77. The maximum absolute atomic E-state index is 10.2. The number of aliphatic carboxylic acids is 1. The van der Waals surface area contributed by atoms with Crippen LogP contribution in [0.25, 0.3) is 0 Å². The molecule has 0 amide bonds. The van der Waals surface area contributed by atoms with Crippen LogP contribution in [0.15, 0.2) is 12.3 Å². The Labute approximate surface area is 81.2 Å². The third-order valence-electron chi connectivity index (χ3n) is 1.36. The van der Waals surface area contributed by atoms with Crippen LogP contribution >= 0.6 is 0 Å². The second-order valence-electron chi connectivity index (χ2n) is 2.77. The Hall–Kier alpha value is -1.85. The fourth-order valence-corrected chi connectivity index (χ4v) is 0.764. The predicted octanol–water partition coefficient (Wildman–Crippen LogP) is 0.00600. The molecule has 0 bridgehead atoms. The van der Waals surface area contributed by atoms with Gasteiger partial charge in [-0.1, -0.05) is 0 Å². The lowest BCUT2D eigenvalue weighted by Crippen LogP contribution is -2.14. The van der Waals surface area contributed by atoms with Crippen LogP contribution < -0.4 is 9.64 Å². The Morgan fingerprint density at radius 3 is 2.93 bits per heavy atom. The van der Waals surface area contributed by atoms with Crippen LogP contribution in [0.1, 0.15) is 0 Å². The van der Waals surface area contributed by atoms with Crippen molar-refractivity contribution in [3.05, 3.63) is 12.3 Å². The number of hydrogen-bond donors (Lipinski definition) is 1. The van der Waals surface area contributed by atoms with E-state index in [1.807, 2.05) is 0 Å². The Kier molecular flexibility index (Phi) is 3.22. The molecular weight excluding hydrogens is 186 g/mol. The van der Waals surface area contributed by atoms with Gasteiger partial charge in [-0.15, -0.1) is 0 Å². The smallest absolute Gasteiger partial charge is 0.341 e. The van der Waals surface area contributed by atoms with Gasteiger partial charge in [0, 0.05) is 26.4 Å². The van der Waals surface area contributed by atoms with E-state index in [0.717, 1.165) is 0 Å². The normalized spacial score (nSPS) is 9.57. The molecule has 0 spiro atoms. The number of hydrogen-bond acceptors (Lipinski definition) is 5. The first-order chi connectivity index (χ1) is 6.59. The molecule has 0 radical (unpaired) electrons. The number of carbonyl (C=O) groups is 1. The van der Waals surface area contributed by atoms with E-state index in [2.05, 4.69) is 9.97 Å². The zero-order valence-electron chi connectivity index (χ0n) is 7.97. The molecule has 0 aliphatic rings. The summed E-state index contributed by atoms with van der Waals surface area (Å²) in [7, 11) is 3.58. The van der Waals surface area contributed by atoms with Crippen LogP contribution in [-0.4, -0.2) is 41.7 Å². The van der Waals surface area contributed by atoms with Crippen LogP contribution in [0.4, 0.5) is 5.95 Å². The molecule has 1 N–H and O–H groups in total. The fourth-order valence-electron chi connectivity index (χ4n) is 0.764. The Morgan fingerprint density at radius 2 is 2.36 bits per heavy atom. The molecule has 1 aromatic heterocycles. The summed E-state index contributed by atoms with van der Waals surface area (Å²) < 4.78 is 4.88. The van der Waals surface area contributed by atoms with E-state index in [4.69, 9.17) is 9.84 Å². The summed E-state index contributed by atoms with van der Waals surface area (Å²) in [6.45, 7) is -0.399. The van der Waals surface area contributed by atoms with Gasteiger partial charge in [-0.3, -0.25) is 0 Å². The minimum Gasteiger partial charge on any atom is -0.479 e. The van der Waals surface area contributed by atoms with Crippen molar-refractivity contribution in [2.24, 2.45) is 0 Å². The first-order valence-corrected chi connectivity index (χ1v) is 3.94. The number of ether oxygens (including phenoxy) is 1. The molecule has 1 aromatic rings. The first kappa shape index (κ1) is 10.2. The standard InChI is InChI=1S/C8H11N3O3/c1-11(2)8-9-4-3-6(10-8)14-5-7(12)13/h3-4H,5H2,1-2H3,(H,12,13). The maximum atomic E-state index is 10.2. The van der Waals surface area contributed by atoms with Gasteiger partial charge >= 0.3 is 5.97 Å². The van der Waals surface area contributed by atoms with E-state index in [9.17, 15) is 4.79 Å². The second kappa shape index (κ2) is 4.40. The molecule has 1 rings (SSSR count). The quantitative estimate of drug-likeness (QED) is 0.732. The summed E-state index contributed by atoms with van der Waals surface area (Å²) in [5, 5.41) is 8.37. The summed E-state index contributed by atoms with van der Waals surface area (Å²) in [6.07, 6.45) is 1.51. The van der Waals surface area contributed by atoms with Crippen molar-refractivity contribution >= 4 is 11.9 Å². The average Bonchev–Trinajstić information content (AvgIpc) is 2.15. The van der Waals surface area contributed by atoms with Crippen molar-refractivity contribution in [3.8, 4) is 5.88 Å². The zero-order chi connectivity index (χ0) is 10.6. The molecule has 0 aromatic carbocycles. The number of rotatable bonds is 4. The minimum absolute atomic E-state index is 0.256. The third-order valence-corrected chi connectivity index (χ3v) is 1.36. The predicted molar refractivity (Wildman–Crippen MR) is 49.5 cm³/mol. The van der Waals surface area contributed by atoms with Gasteiger partial charge in [0.05, 0.1) is 0 Å². The molecule has 0 aliphatic heterocycles. The van der Waals surface area contributed by atoms with E-state index < -0.39 is 12.6 Å². The molecule has 0 saturated heterocycles. The number of carboxylic acid groups (broad SMARTS) is 1. The highest BCUT2D eigenvalue weighted by Gasteiger charge is 2.03. The molecule has 0 fully saturated rings. The van der Waals surface area contributed by atoms with Gasteiger partial charge < -0.3 is 14.7 Å². The van der Waals surface area contributed by atoms with Gasteiger partial charge in [0.1, 0.15) is 0 Å². The van der Waals surface area contributed by atoms with E-state index >= 15 is 0 Å². The van der Waals surface area contributed by atoms with Gasteiger partial charge in [-0.05, 0) is 0 Å². The highest BCUT2D eigenvalue weighted by atomic mass is 16.5. The summed E-state index contributed by atoms with van der Waals surface area (Å²) in [5.74, 6) is -0.297. The van der Waals surface area contributed by atoms with Gasteiger partial charge in [-0.2, -0.15) is 4.98 Å². The molecule has 76 valence electrons. The summed E-state index contributed by atoms with van der Waals surface area (Å²) >= 11 is 0. The lowest BCUT2D eigenvalue weighted by atomic mass is 10.6. The molecule has 0 unspecified atom stereocenters. The molecule has 6 nitrogen and oxygen atoms in total. The first-order valence-electron chi connectivity index (χ1n) is 3.94. The SMILES string of the molecule is CN(C)c1nccc(OCC(=O)O)n1. The average molecular weight is 197 g/mol. The van der Waals surface area contributed by atoms with E-state index in [1.54, 1.807) is 19.0 Å². The molecule has 0 saturated carbocycles. The van der Waals surface area contributed by atoms with Crippen molar-refractivity contribution in [2.45, 2.75) is 0 Å². The fraction of sp³-hybridized carbons (Fsp3) is 0.375. The van der Waals surface area contributed by atoms with Crippen LogP contribution in [-0.2, 0) is 4.79 Å². The Morgan fingerprint density at radius 1 is 1.64 bits per heavy atom. The van der Waals surface area contributed by atoms with Gasteiger partial charge in [0.25, 0.3) is 0 Å². The molecule has 1 heterocycles. The summed E-state index contributed by atoms with van der Waals surface area (Å²) in [6, 6.07) is 1.51. The lowest BCUT2D eigenvalue weighted by Gasteiger charge is -2.10. The highest BCUT2D eigenvalue weighted by molar-refractivity contribution is 5.68. The highest BCUT2D eigenvalue weighted by Crippen LogP contribution is 2.09. The van der Waals surface area contributed by atoms with Crippen LogP contribution in [0.2, 0.25) is 0 Å². The summed E-state index contributed by atoms with van der Waals surface area (Å²) in [5.41, 5.74) is 0. The van der Waals surface area contributed by atoms with Crippen molar-refractivity contribution in [1.82, 2.24) is 9.97 Å². The van der Waals surface area contributed by atoms with Crippen LogP contribution in [0.3, 0.4) is 0 Å². The lowest BCUT2D eigenvalue weighted by molar-refractivity contribution is -0.139. The van der Waals surface area contributed by atoms with Gasteiger partial charge in [0.2, 0.25) is 11.8 Å². The number of aromatic nitrogens is 2. The largest absolute Gasteiger partial charge is 0.479 e. The summed E-state index contributed by atoms with van der Waals surface area (Å²) in [4.78, 5) is 19.8. The minimum atomic E-state index is -1.03. The molecular formula is C8H11N3O3. The van der Waals surface area contributed by atoms with E-state index in [1.165, 1.54) is 12.3 Å². The van der Waals surface area contributed by atoms with Gasteiger partial charge in [-0.25, -0.2) is 9.78 Å². The molecule has 14 heavy (non-hydrogen) atoms. The van der Waals surface area contributed by atoms with Crippen molar-refractivity contribution < 1.29 is 14.6 Å². The zero-order valence-corrected chi connectivity index (χ0v) is 7.97. The van der Waals surface area contributed by atoms with Crippen molar-refractivity contribution in [1.29, 1.82) is 0 Å². The monoisotopic (exact) mass is 197 g/mol. The number of carboxylic acids is 1. The van der Waals surface area contributed by atoms with Crippen LogP contribution in [0.5, 0.6) is 5.88 Å².